The molecule has 1 heterocycles. The van der Waals surface area contributed by atoms with E-state index in [9.17, 15) is 9.59 Å². The predicted octanol–water partition coefficient (Wildman–Crippen LogP) is 4.58. The Hall–Kier alpha value is -2.73. The summed E-state index contributed by atoms with van der Waals surface area (Å²) in [6.45, 7) is 4.89. The van der Waals surface area contributed by atoms with Gasteiger partial charge in [0, 0.05) is 24.1 Å². The smallest absolute Gasteiger partial charge is 0.264 e. The maximum Gasteiger partial charge on any atom is 0.264 e. The summed E-state index contributed by atoms with van der Waals surface area (Å²) in [6.07, 6.45) is 2.81. The third-order valence-corrected chi connectivity index (χ3v) is 5.82. The van der Waals surface area contributed by atoms with Gasteiger partial charge in [-0.05, 0) is 54.3 Å². The van der Waals surface area contributed by atoms with Crippen molar-refractivity contribution in [3.63, 3.8) is 0 Å². The third kappa shape index (κ3) is 5.01. The van der Waals surface area contributed by atoms with Crippen molar-refractivity contribution in [1.29, 1.82) is 0 Å². The Morgan fingerprint density at radius 3 is 2.59 bits per heavy atom. The van der Waals surface area contributed by atoms with Crippen LogP contribution in [0.25, 0.3) is 6.08 Å². The molecule has 0 aromatic heterocycles. The number of carbonyl (C=O) groups excluding carboxylic acids is 2. The number of nitrogens with one attached hydrogen (secondary N) is 1. The van der Waals surface area contributed by atoms with Gasteiger partial charge in [0.1, 0.15) is 5.75 Å². The lowest BCUT2D eigenvalue weighted by molar-refractivity contribution is -0.114. The van der Waals surface area contributed by atoms with Gasteiger partial charge in [-0.15, -0.1) is 0 Å². The molecule has 0 radical (unpaired) electrons. The monoisotopic (exact) mass is 410 g/mol. The fourth-order valence-corrected chi connectivity index (χ4v) is 4.06. The van der Waals surface area contributed by atoms with Crippen LogP contribution < -0.4 is 15.0 Å². The highest BCUT2D eigenvalue weighted by Crippen LogP contribution is 2.42. The lowest BCUT2D eigenvalue weighted by Crippen LogP contribution is -2.31. The zero-order chi connectivity index (χ0) is 21.0. The minimum atomic E-state index is -0.112. The zero-order valence-electron chi connectivity index (χ0n) is 17.2. The van der Waals surface area contributed by atoms with Crippen LogP contribution in [0.5, 0.6) is 5.75 Å². The minimum Gasteiger partial charge on any atom is -0.497 e. The van der Waals surface area contributed by atoms with Crippen LogP contribution in [0.4, 0.5) is 5.69 Å². The van der Waals surface area contributed by atoms with E-state index >= 15 is 0 Å². The number of carbonyl (C=O) groups is 2. The van der Waals surface area contributed by atoms with Crippen LogP contribution in [0.1, 0.15) is 36.2 Å². The Bertz CT molecular complexity index is 936. The van der Waals surface area contributed by atoms with Crippen molar-refractivity contribution in [3.05, 3.63) is 58.5 Å². The van der Waals surface area contributed by atoms with Crippen LogP contribution in [0.15, 0.2) is 52.3 Å². The number of nitrogens with zero attached hydrogens (tertiary/aromatic N) is 1. The average molecular weight is 411 g/mol. The Balaban J connectivity index is 1.80. The SMILES string of the molecule is COc1ccc(C=C2Sc3ccc(C(=O)NCCC(C)C)cc3N(C)C2=O)cc1. The molecule has 0 saturated carbocycles. The summed E-state index contributed by atoms with van der Waals surface area (Å²) in [4.78, 5) is 28.5. The quantitative estimate of drug-likeness (QED) is 0.708. The molecule has 0 atom stereocenters. The molecular weight excluding hydrogens is 384 g/mol. The molecule has 6 heteroatoms. The molecule has 0 saturated heterocycles. The number of anilines is 1. The standard InChI is InChI=1S/C23H26N2O3S/c1-15(2)11-12-24-22(26)17-7-10-20-19(14-17)25(3)23(27)21(29-20)13-16-5-8-18(28-4)9-6-16/h5-10,13-15H,11-12H2,1-4H3,(H,24,26). The normalized spacial score (nSPS) is 14.9. The van der Waals surface area contributed by atoms with E-state index < -0.39 is 0 Å². The Morgan fingerprint density at radius 2 is 1.93 bits per heavy atom. The van der Waals surface area contributed by atoms with Crippen molar-refractivity contribution in [2.75, 3.05) is 25.6 Å². The first kappa shape index (κ1) is 21.0. The maximum atomic E-state index is 12.9. The molecule has 3 rings (SSSR count). The van der Waals surface area contributed by atoms with Gasteiger partial charge >= 0.3 is 0 Å². The van der Waals surface area contributed by atoms with Crippen molar-refractivity contribution in [1.82, 2.24) is 5.32 Å². The molecule has 5 nitrogen and oxygen atoms in total. The molecule has 2 amide bonds. The number of ether oxygens (including phenoxy) is 1. The van der Waals surface area contributed by atoms with E-state index in [1.54, 1.807) is 25.1 Å². The molecule has 1 aliphatic heterocycles. The summed E-state index contributed by atoms with van der Waals surface area (Å²) in [6, 6.07) is 13.1. The van der Waals surface area contributed by atoms with Crippen LogP contribution in [0.3, 0.4) is 0 Å². The Labute approximate surface area is 176 Å². The number of methoxy groups -OCH3 is 1. The summed E-state index contributed by atoms with van der Waals surface area (Å²) >= 11 is 1.42. The average Bonchev–Trinajstić information content (AvgIpc) is 2.71. The van der Waals surface area contributed by atoms with Crippen molar-refractivity contribution < 1.29 is 14.3 Å². The fraction of sp³-hybridized carbons (Fsp3) is 0.304. The summed E-state index contributed by atoms with van der Waals surface area (Å²) in [5, 5.41) is 2.94. The molecule has 2 aromatic carbocycles. The number of hydrogen-bond donors (Lipinski definition) is 1. The second-order valence-electron chi connectivity index (χ2n) is 7.37. The van der Waals surface area contributed by atoms with Gasteiger partial charge in [0.25, 0.3) is 11.8 Å². The summed E-state index contributed by atoms with van der Waals surface area (Å²) in [7, 11) is 3.36. The van der Waals surface area contributed by atoms with Crippen molar-refractivity contribution in [2.45, 2.75) is 25.2 Å². The first-order valence-corrected chi connectivity index (χ1v) is 10.4. The molecule has 0 bridgehead atoms. The van der Waals surface area contributed by atoms with E-state index in [-0.39, 0.29) is 11.8 Å². The molecule has 1 aliphatic rings. The molecule has 2 aromatic rings. The predicted molar refractivity (Wildman–Crippen MR) is 118 cm³/mol. The number of amides is 2. The third-order valence-electron chi connectivity index (χ3n) is 4.74. The fourth-order valence-electron chi connectivity index (χ4n) is 2.96. The van der Waals surface area contributed by atoms with Gasteiger partial charge in [0.15, 0.2) is 0 Å². The molecule has 0 unspecified atom stereocenters. The van der Waals surface area contributed by atoms with Gasteiger partial charge in [0.05, 0.1) is 17.7 Å². The summed E-state index contributed by atoms with van der Waals surface area (Å²) in [5.41, 5.74) is 2.25. The Kier molecular flexibility index (Phi) is 6.64. The van der Waals surface area contributed by atoms with Gasteiger partial charge in [-0.1, -0.05) is 37.7 Å². The van der Waals surface area contributed by atoms with Gasteiger partial charge in [-0.3, -0.25) is 9.59 Å². The van der Waals surface area contributed by atoms with E-state index in [0.717, 1.165) is 28.3 Å². The van der Waals surface area contributed by atoms with Crippen molar-refractivity contribution in [3.8, 4) is 5.75 Å². The number of hydrogen-bond acceptors (Lipinski definition) is 4. The number of rotatable bonds is 6. The summed E-state index contributed by atoms with van der Waals surface area (Å²) in [5.74, 6) is 1.11. The first-order valence-electron chi connectivity index (χ1n) is 9.63. The van der Waals surface area contributed by atoms with E-state index in [1.165, 1.54) is 11.8 Å². The molecule has 0 spiro atoms. The first-order chi connectivity index (χ1) is 13.9. The lowest BCUT2D eigenvalue weighted by Gasteiger charge is -2.27. The van der Waals surface area contributed by atoms with Gasteiger partial charge < -0.3 is 15.0 Å². The van der Waals surface area contributed by atoms with E-state index in [0.29, 0.717) is 22.9 Å². The number of likely N-dealkylation sites (N-methyl/N-ethyl adjacent to an activating group) is 1. The largest absolute Gasteiger partial charge is 0.497 e. The highest BCUT2D eigenvalue weighted by Gasteiger charge is 2.27. The topological polar surface area (TPSA) is 58.6 Å². The number of thioether (sulfide) groups is 1. The summed E-state index contributed by atoms with van der Waals surface area (Å²) < 4.78 is 5.18. The van der Waals surface area contributed by atoms with E-state index in [1.807, 2.05) is 42.5 Å². The zero-order valence-corrected chi connectivity index (χ0v) is 18.0. The number of benzene rings is 2. The maximum absolute atomic E-state index is 12.9. The van der Waals surface area contributed by atoms with Crippen LogP contribution in [-0.2, 0) is 4.79 Å². The van der Waals surface area contributed by atoms with Crippen LogP contribution >= 0.6 is 11.8 Å². The molecule has 1 N–H and O–H groups in total. The highest BCUT2D eigenvalue weighted by molar-refractivity contribution is 8.04. The molecule has 29 heavy (non-hydrogen) atoms. The molecule has 0 fully saturated rings. The Morgan fingerprint density at radius 1 is 1.21 bits per heavy atom. The van der Waals surface area contributed by atoms with Crippen LogP contribution in [0, 0.1) is 5.92 Å². The highest BCUT2D eigenvalue weighted by atomic mass is 32.2. The van der Waals surface area contributed by atoms with Gasteiger partial charge in [-0.25, -0.2) is 0 Å². The second kappa shape index (κ2) is 9.18. The van der Waals surface area contributed by atoms with Crippen LogP contribution in [0.2, 0.25) is 0 Å². The van der Waals surface area contributed by atoms with E-state index in [4.69, 9.17) is 4.74 Å². The van der Waals surface area contributed by atoms with Crippen molar-refractivity contribution in [2.24, 2.45) is 5.92 Å². The van der Waals surface area contributed by atoms with Crippen molar-refractivity contribution >= 4 is 35.3 Å². The van der Waals surface area contributed by atoms with Gasteiger partial charge in [0.2, 0.25) is 0 Å². The molecule has 0 aliphatic carbocycles. The lowest BCUT2D eigenvalue weighted by atomic mass is 10.1. The van der Waals surface area contributed by atoms with Crippen LogP contribution in [-0.4, -0.2) is 32.5 Å². The molecular formula is C23H26N2O3S. The second-order valence-corrected chi connectivity index (χ2v) is 8.45. The van der Waals surface area contributed by atoms with E-state index in [2.05, 4.69) is 19.2 Å². The molecule has 152 valence electrons. The minimum absolute atomic E-state index is 0.0873. The number of fused-ring (bicyclic) bond motifs is 1. The van der Waals surface area contributed by atoms with Gasteiger partial charge in [-0.2, -0.15) is 0 Å².